The summed E-state index contributed by atoms with van der Waals surface area (Å²) in [5.41, 5.74) is 12.1. The minimum absolute atomic E-state index is 0.0428. The predicted octanol–water partition coefficient (Wildman–Crippen LogP) is 1.88. The number of likely N-dealkylation sites (tertiary alicyclic amines) is 1. The van der Waals surface area contributed by atoms with Gasteiger partial charge >= 0.3 is 5.69 Å². The standard InChI is InChI=1S/C44H55F3N12O6/c1-55-39-32(3-2-4-33(39)59(44(55)63)34-9-10-37(60)54-43(34)62)57-19-28(20-57)65-35-12-14-56(22-30(35)45)18-24-5-7-25(8-6-24)51-17-31(38(49)40(46)47)52-42(61)29(16-48)41-50-13-11-36(53-41)58-21-27-15-26(58)23-64-27/h2-4,11,13,16-17,24-28,30,34-35,40H,5-10,12,14-15,18-23,48-49H2,1H3,(H,52,61)(H,54,60,62)/t24?,25?,26-,27-,30-,34?,35+/m1/s1. The molecule has 3 aromatic rings. The van der Waals surface area contributed by atoms with Crippen LogP contribution in [0.5, 0.6) is 0 Å². The number of para-hydroxylation sites is 1. The molecule has 7 heterocycles. The number of imide groups is 1. The van der Waals surface area contributed by atoms with Crippen molar-refractivity contribution in [2.45, 2.75) is 100 Å². The normalized spacial score (nSPS) is 28.3. The number of halogens is 3. The summed E-state index contributed by atoms with van der Waals surface area (Å²) in [4.78, 5) is 70.9. The summed E-state index contributed by atoms with van der Waals surface area (Å²) in [5, 5.41) is 4.81. The molecule has 1 saturated carbocycles. The number of imidazole rings is 1. The molecular weight excluding hydrogens is 850 g/mol. The first-order valence-corrected chi connectivity index (χ1v) is 22.4. The van der Waals surface area contributed by atoms with Gasteiger partial charge in [0.05, 0.1) is 65.0 Å². The smallest absolute Gasteiger partial charge is 0.329 e. The highest BCUT2D eigenvalue weighted by Crippen LogP contribution is 2.35. The minimum Gasteiger partial charge on any atom is -0.404 e. The van der Waals surface area contributed by atoms with Crippen molar-refractivity contribution in [3.8, 4) is 0 Å². The van der Waals surface area contributed by atoms with Gasteiger partial charge in [-0.3, -0.25) is 38.7 Å². The maximum Gasteiger partial charge on any atom is 0.329 e. The zero-order chi connectivity index (χ0) is 45.5. The van der Waals surface area contributed by atoms with E-state index in [9.17, 15) is 28.0 Å². The fourth-order valence-electron chi connectivity index (χ4n) is 10.2. The van der Waals surface area contributed by atoms with Crippen LogP contribution in [0, 0.1) is 5.92 Å². The van der Waals surface area contributed by atoms with Gasteiger partial charge in [0.1, 0.15) is 23.7 Å². The molecule has 5 aliphatic heterocycles. The highest BCUT2D eigenvalue weighted by molar-refractivity contribution is 6.19. The molecule has 2 bridgehead atoms. The number of hydrogen-bond donors (Lipinski definition) is 4. The zero-order valence-electron chi connectivity index (χ0n) is 36.2. The number of aliphatic imine (C=N–C) groups is 1. The number of nitrogens with two attached hydrogens (primary N) is 2. The molecule has 21 heteroatoms. The Balaban J connectivity index is 0.736. The van der Waals surface area contributed by atoms with E-state index < -0.39 is 42.3 Å². The van der Waals surface area contributed by atoms with E-state index in [0.717, 1.165) is 37.7 Å². The number of carbonyl (C=O) groups excluding carboxylic acids is 3. The molecule has 1 aromatic carbocycles. The highest BCUT2D eigenvalue weighted by atomic mass is 19.3. The number of rotatable bonds is 13. The number of nitrogens with zero attached hydrogens (tertiary/aromatic N) is 8. The number of anilines is 2. The predicted molar refractivity (Wildman–Crippen MR) is 235 cm³/mol. The van der Waals surface area contributed by atoms with Gasteiger partial charge in [0.25, 0.3) is 12.3 Å². The number of ether oxygens (including phenoxy) is 2. The number of alkyl halides is 3. The molecule has 3 amide bonds. The Morgan fingerprint density at radius 3 is 2.58 bits per heavy atom. The lowest BCUT2D eigenvalue weighted by molar-refractivity contribution is -0.135. The Morgan fingerprint density at radius 1 is 1.09 bits per heavy atom. The summed E-state index contributed by atoms with van der Waals surface area (Å²) in [6.45, 7) is 3.99. The Hall–Kier alpha value is -5.80. The van der Waals surface area contributed by atoms with Crippen LogP contribution in [0.1, 0.15) is 63.2 Å². The highest BCUT2D eigenvalue weighted by Gasteiger charge is 2.41. The minimum atomic E-state index is -3.05. The van der Waals surface area contributed by atoms with Gasteiger partial charge in [-0.2, -0.15) is 0 Å². The van der Waals surface area contributed by atoms with Crippen molar-refractivity contribution in [1.29, 1.82) is 0 Å². The second-order valence-corrected chi connectivity index (χ2v) is 18.0. The molecule has 65 heavy (non-hydrogen) atoms. The van der Waals surface area contributed by atoms with E-state index in [-0.39, 0.29) is 72.4 Å². The van der Waals surface area contributed by atoms with Crippen molar-refractivity contribution >= 4 is 52.0 Å². The Morgan fingerprint density at radius 2 is 1.89 bits per heavy atom. The van der Waals surface area contributed by atoms with E-state index in [0.29, 0.717) is 74.8 Å². The summed E-state index contributed by atoms with van der Waals surface area (Å²) in [6.07, 6.45) is 3.82. The molecule has 1 unspecified atom stereocenters. The van der Waals surface area contributed by atoms with E-state index in [2.05, 4.69) is 40.3 Å². The first kappa shape index (κ1) is 44.4. The first-order chi connectivity index (χ1) is 31.3. The summed E-state index contributed by atoms with van der Waals surface area (Å²) in [5.74, 6) is -0.668. The number of morpholine rings is 1. The van der Waals surface area contributed by atoms with Crippen LogP contribution in [0.4, 0.5) is 24.7 Å². The number of nitrogens with one attached hydrogen (secondary N) is 2. The average Bonchev–Trinajstić information content (AvgIpc) is 3.99. The molecule has 1 aliphatic carbocycles. The summed E-state index contributed by atoms with van der Waals surface area (Å²) in [6, 6.07) is 6.52. The Labute approximate surface area is 372 Å². The summed E-state index contributed by atoms with van der Waals surface area (Å²) >= 11 is 0. The average molecular weight is 905 g/mol. The summed E-state index contributed by atoms with van der Waals surface area (Å²) < 4.78 is 58.4. The summed E-state index contributed by atoms with van der Waals surface area (Å²) in [7, 11) is 1.67. The number of hydrogen-bond acceptors (Lipinski definition) is 14. The monoisotopic (exact) mass is 904 g/mol. The van der Waals surface area contributed by atoms with Gasteiger partial charge in [-0.05, 0) is 69.1 Å². The van der Waals surface area contributed by atoms with Crippen LogP contribution in [0.15, 0.2) is 57.8 Å². The molecule has 5 saturated heterocycles. The number of piperidine rings is 2. The molecule has 9 rings (SSSR count). The Bertz CT molecular complexity index is 2460. The number of benzene rings is 1. The van der Waals surface area contributed by atoms with Crippen LogP contribution >= 0.6 is 0 Å². The van der Waals surface area contributed by atoms with Crippen molar-refractivity contribution in [2.75, 3.05) is 55.7 Å². The van der Waals surface area contributed by atoms with E-state index in [1.165, 1.54) is 21.5 Å². The van der Waals surface area contributed by atoms with Gasteiger partial charge in [-0.25, -0.2) is 27.9 Å². The molecule has 348 valence electrons. The van der Waals surface area contributed by atoms with Gasteiger partial charge < -0.3 is 36.1 Å². The van der Waals surface area contributed by atoms with E-state index >= 15 is 4.39 Å². The number of aromatic nitrogens is 4. The second kappa shape index (κ2) is 18.6. The van der Waals surface area contributed by atoms with Crippen LogP contribution in [0.25, 0.3) is 16.6 Å². The van der Waals surface area contributed by atoms with Crippen LogP contribution in [-0.4, -0.2) is 137 Å². The van der Waals surface area contributed by atoms with Crippen LogP contribution in [0.3, 0.4) is 0 Å². The largest absolute Gasteiger partial charge is 0.404 e. The fraction of sp³-hybridized carbons (Fsp3) is 0.568. The molecule has 6 N–H and O–H groups in total. The number of amides is 3. The van der Waals surface area contributed by atoms with E-state index in [1.807, 2.05) is 12.1 Å². The van der Waals surface area contributed by atoms with Gasteiger partial charge in [0.15, 0.2) is 5.82 Å². The number of allylic oxidation sites excluding steroid dienone is 2. The van der Waals surface area contributed by atoms with Crippen molar-refractivity contribution in [2.24, 2.45) is 29.4 Å². The molecule has 2 aromatic heterocycles. The lowest BCUT2D eigenvalue weighted by Crippen LogP contribution is -2.56. The third-order valence-electron chi connectivity index (χ3n) is 13.8. The zero-order valence-corrected chi connectivity index (χ0v) is 36.2. The third kappa shape index (κ3) is 9.09. The number of aryl methyl sites for hydroxylation is 1. The maximum absolute atomic E-state index is 15.6. The molecular formula is C44H55F3N12O6. The number of carbonyl (C=O) groups is 3. The quantitative estimate of drug-likeness (QED) is 0.110. The second-order valence-electron chi connectivity index (χ2n) is 18.0. The number of fused-ring (bicyclic) bond motifs is 3. The van der Waals surface area contributed by atoms with Crippen LogP contribution < -0.4 is 37.6 Å². The molecule has 6 aliphatic rings. The van der Waals surface area contributed by atoms with Crippen LogP contribution in [0.2, 0.25) is 0 Å². The third-order valence-corrected chi connectivity index (χ3v) is 13.8. The molecule has 6 fully saturated rings. The van der Waals surface area contributed by atoms with Crippen molar-refractivity contribution < 1.29 is 37.0 Å². The van der Waals surface area contributed by atoms with Crippen LogP contribution in [-0.2, 0) is 30.9 Å². The molecule has 5 atom stereocenters. The van der Waals surface area contributed by atoms with E-state index in [4.69, 9.17) is 20.9 Å². The fourth-order valence-corrected chi connectivity index (χ4v) is 10.2. The van der Waals surface area contributed by atoms with Gasteiger partial charge in [-0.1, -0.05) is 6.07 Å². The topological polar surface area (TPSA) is 221 Å². The van der Waals surface area contributed by atoms with Crippen molar-refractivity contribution in [3.05, 3.63) is 64.4 Å². The van der Waals surface area contributed by atoms with Crippen molar-refractivity contribution in [3.63, 3.8) is 0 Å². The van der Waals surface area contributed by atoms with Gasteiger partial charge in [0.2, 0.25) is 11.8 Å². The Kier molecular flexibility index (Phi) is 12.7. The molecule has 0 radical (unpaired) electrons. The lowest BCUT2D eigenvalue weighted by Gasteiger charge is -2.44. The maximum atomic E-state index is 15.6. The lowest BCUT2D eigenvalue weighted by atomic mass is 9.85. The first-order valence-electron chi connectivity index (χ1n) is 22.4. The molecule has 0 spiro atoms. The van der Waals surface area contributed by atoms with Gasteiger partial charge in [-0.15, -0.1) is 0 Å². The molecule has 18 nitrogen and oxygen atoms in total. The van der Waals surface area contributed by atoms with Crippen molar-refractivity contribution in [1.82, 2.24) is 34.6 Å². The van der Waals surface area contributed by atoms with E-state index in [1.54, 1.807) is 19.2 Å². The van der Waals surface area contributed by atoms with Gasteiger partial charge in [0, 0.05) is 71.3 Å². The SMILES string of the molecule is Cn1c(=O)n(C2CCC(=O)NC2=O)c2cccc(N3CC(O[C@H]4CCN(CC5CCC(N=CC(NC(=O)C(=CN)c6nccc(N7C[C@H]8C[C@@H]7CO8)n6)=C(N)C(F)F)CC5)C[C@H]4F)C3)c21.